The third kappa shape index (κ3) is 3.93. The molecule has 0 unspecified atom stereocenters. The number of H-pyrrole nitrogens is 1. The lowest BCUT2D eigenvalue weighted by Crippen LogP contribution is -1.99. The van der Waals surface area contributed by atoms with Gasteiger partial charge in [-0.3, -0.25) is 4.55 Å². The highest BCUT2D eigenvalue weighted by atomic mass is 32.2. The minimum Gasteiger partial charge on any atom is -0.338 e. The van der Waals surface area contributed by atoms with Crippen molar-refractivity contribution in [2.24, 2.45) is 0 Å². The molecule has 2 aromatic heterocycles. The summed E-state index contributed by atoms with van der Waals surface area (Å²) in [7, 11) is -4.34. The van der Waals surface area contributed by atoms with Gasteiger partial charge in [0.05, 0.1) is 5.69 Å². The summed E-state index contributed by atoms with van der Waals surface area (Å²) >= 11 is 0. The summed E-state index contributed by atoms with van der Waals surface area (Å²) in [6.45, 7) is 0. The Morgan fingerprint density at radius 3 is 1.92 bits per heavy atom. The molecule has 2 aromatic carbocycles. The normalized spacial score (nSPS) is 10.9. The van der Waals surface area contributed by atoms with E-state index in [4.69, 9.17) is 0 Å². The molecule has 0 amide bonds. The van der Waals surface area contributed by atoms with Gasteiger partial charge in [-0.05, 0) is 17.7 Å². The van der Waals surface area contributed by atoms with Crippen LogP contribution in [0.4, 0.5) is 0 Å². The molecule has 2 heterocycles. The zero-order valence-electron chi connectivity index (χ0n) is 13.2. The van der Waals surface area contributed by atoms with Gasteiger partial charge in [0.15, 0.2) is 0 Å². The second-order valence-electron chi connectivity index (χ2n) is 5.22. The Morgan fingerprint density at radius 1 is 0.800 bits per heavy atom. The predicted octanol–water partition coefficient (Wildman–Crippen LogP) is 4.16. The van der Waals surface area contributed by atoms with Crippen LogP contribution in [-0.4, -0.2) is 22.9 Å². The van der Waals surface area contributed by atoms with Crippen molar-refractivity contribution in [2.45, 2.75) is 4.90 Å². The molecule has 126 valence electrons. The maximum Gasteiger partial charge on any atom is 0.297 e. The zero-order valence-corrected chi connectivity index (χ0v) is 14.0. The Labute approximate surface area is 145 Å². The maximum atomic E-state index is 11.6. The standard InChI is InChI=1S/C13H10N2O3S.C6H6/c16-19(17,18)12-10-7-4-8-14-13(10)15-11(12)9-5-2-1-3-6-9;1-2-4-6-5-3-1/h1-8H,(H,14,15)(H,16,17,18);1-6H. The zero-order chi connectivity index (χ0) is 17.7. The molecule has 4 rings (SSSR count). The fourth-order valence-electron chi connectivity index (χ4n) is 2.46. The molecule has 0 saturated heterocycles. The van der Waals surface area contributed by atoms with Crippen molar-refractivity contribution >= 4 is 21.2 Å². The van der Waals surface area contributed by atoms with E-state index in [-0.39, 0.29) is 4.90 Å². The summed E-state index contributed by atoms with van der Waals surface area (Å²) in [6, 6.07) is 24.2. The lowest BCUT2D eigenvalue weighted by molar-refractivity contribution is 0.484. The average molecular weight is 352 g/mol. The first-order valence-corrected chi connectivity index (χ1v) is 9.01. The summed E-state index contributed by atoms with van der Waals surface area (Å²) < 4.78 is 32.7. The molecule has 0 bridgehead atoms. The van der Waals surface area contributed by atoms with Crippen molar-refractivity contribution in [3.8, 4) is 11.3 Å². The Hall–Kier alpha value is -2.96. The van der Waals surface area contributed by atoms with E-state index in [1.807, 2.05) is 42.5 Å². The van der Waals surface area contributed by atoms with Gasteiger partial charge in [0.25, 0.3) is 10.1 Å². The number of nitrogens with one attached hydrogen (secondary N) is 1. The first kappa shape index (κ1) is 16.9. The predicted molar refractivity (Wildman–Crippen MR) is 97.8 cm³/mol. The van der Waals surface area contributed by atoms with Crippen molar-refractivity contribution in [3.63, 3.8) is 0 Å². The van der Waals surface area contributed by atoms with Crippen LogP contribution in [0.5, 0.6) is 0 Å². The number of benzene rings is 2. The molecule has 0 atom stereocenters. The van der Waals surface area contributed by atoms with Crippen LogP contribution >= 0.6 is 0 Å². The number of nitrogens with zero attached hydrogens (tertiary/aromatic N) is 1. The molecule has 0 radical (unpaired) electrons. The van der Waals surface area contributed by atoms with Gasteiger partial charge in [-0.1, -0.05) is 66.7 Å². The van der Waals surface area contributed by atoms with Crippen LogP contribution < -0.4 is 0 Å². The number of fused-ring (bicyclic) bond motifs is 1. The summed E-state index contributed by atoms with van der Waals surface area (Å²) in [4.78, 5) is 6.87. The number of pyridine rings is 1. The minimum atomic E-state index is -4.34. The molecule has 0 saturated carbocycles. The highest BCUT2D eigenvalue weighted by molar-refractivity contribution is 7.86. The van der Waals surface area contributed by atoms with Crippen molar-refractivity contribution in [3.05, 3.63) is 85.1 Å². The monoisotopic (exact) mass is 352 g/mol. The third-order valence-corrected chi connectivity index (χ3v) is 4.45. The van der Waals surface area contributed by atoms with E-state index in [0.717, 1.165) is 0 Å². The van der Waals surface area contributed by atoms with Crippen LogP contribution in [0, 0.1) is 0 Å². The van der Waals surface area contributed by atoms with Crippen LogP contribution in [0.15, 0.2) is 90.0 Å². The number of aromatic nitrogens is 2. The molecule has 5 nitrogen and oxygen atoms in total. The van der Waals surface area contributed by atoms with E-state index in [2.05, 4.69) is 9.97 Å². The van der Waals surface area contributed by atoms with E-state index in [1.165, 1.54) is 0 Å². The van der Waals surface area contributed by atoms with Crippen LogP contribution in [0.2, 0.25) is 0 Å². The topological polar surface area (TPSA) is 83.0 Å². The van der Waals surface area contributed by atoms with Crippen molar-refractivity contribution in [1.29, 1.82) is 0 Å². The van der Waals surface area contributed by atoms with Gasteiger partial charge in [-0.15, -0.1) is 0 Å². The highest BCUT2D eigenvalue weighted by Gasteiger charge is 2.23. The molecule has 0 spiro atoms. The number of hydrogen-bond donors (Lipinski definition) is 2. The summed E-state index contributed by atoms with van der Waals surface area (Å²) in [5.41, 5.74) is 1.44. The second kappa shape index (κ2) is 7.29. The molecule has 6 heteroatoms. The molecular formula is C19H16N2O3S. The van der Waals surface area contributed by atoms with Gasteiger partial charge in [0, 0.05) is 11.6 Å². The molecule has 4 aromatic rings. The number of rotatable bonds is 2. The van der Waals surface area contributed by atoms with E-state index in [1.54, 1.807) is 42.6 Å². The quantitative estimate of drug-likeness (QED) is 0.531. The Bertz CT molecular complexity index is 1030. The Balaban J connectivity index is 0.000000258. The van der Waals surface area contributed by atoms with E-state index in [9.17, 15) is 13.0 Å². The molecule has 25 heavy (non-hydrogen) atoms. The lowest BCUT2D eigenvalue weighted by atomic mass is 10.1. The van der Waals surface area contributed by atoms with Crippen LogP contribution in [0.1, 0.15) is 0 Å². The largest absolute Gasteiger partial charge is 0.338 e. The van der Waals surface area contributed by atoms with Gasteiger partial charge >= 0.3 is 0 Å². The van der Waals surface area contributed by atoms with Crippen LogP contribution in [0.3, 0.4) is 0 Å². The lowest BCUT2D eigenvalue weighted by Gasteiger charge is -2.01. The maximum absolute atomic E-state index is 11.6. The van der Waals surface area contributed by atoms with Crippen LogP contribution in [0.25, 0.3) is 22.3 Å². The number of hydrogen-bond acceptors (Lipinski definition) is 3. The van der Waals surface area contributed by atoms with Crippen molar-refractivity contribution < 1.29 is 13.0 Å². The van der Waals surface area contributed by atoms with E-state index < -0.39 is 10.1 Å². The molecule has 2 N–H and O–H groups in total. The van der Waals surface area contributed by atoms with E-state index >= 15 is 0 Å². The van der Waals surface area contributed by atoms with Gasteiger partial charge in [0.1, 0.15) is 10.5 Å². The van der Waals surface area contributed by atoms with Crippen molar-refractivity contribution in [2.75, 3.05) is 0 Å². The van der Waals surface area contributed by atoms with Gasteiger partial charge in [-0.2, -0.15) is 8.42 Å². The average Bonchev–Trinajstić information content (AvgIpc) is 3.04. The van der Waals surface area contributed by atoms with Gasteiger partial charge in [0.2, 0.25) is 0 Å². The SMILES string of the molecule is O=S(=O)(O)c1c(-c2ccccc2)[nH]c2ncccc12.c1ccccc1. The highest BCUT2D eigenvalue weighted by Crippen LogP contribution is 2.32. The molecule has 0 aliphatic heterocycles. The summed E-state index contributed by atoms with van der Waals surface area (Å²) in [5.74, 6) is 0. The second-order valence-corrected chi connectivity index (χ2v) is 6.58. The van der Waals surface area contributed by atoms with Crippen molar-refractivity contribution in [1.82, 2.24) is 9.97 Å². The molecule has 0 aliphatic rings. The first-order valence-electron chi connectivity index (χ1n) is 7.57. The number of aromatic amines is 1. The van der Waals surface area contributed by atoms with E-state index in [0.29, 0.717) is 22.3 Å². The fourth-order valence-corrected chi connectivity index (χ4v) is 3.33. The molecular weight excluding hydrogens is 336 g/mol. The first-order chi connectivity index (χ1) is 12.1. The molecule has 0 aliphatic carbocycles. The summed E-state index contributed by atoms with van der Waals surface area (Å²) in [6.07, 6.45) is 1.56. The Morgan fingerprint density at radius 2 is 1.36 bits per heavy atom. The van der Waals surface area contributed by atoms with Gasteiger partial charge in [-0.25, -0.2) is 4.98 Å². The molecule has 0 fully saturated rings. The summed E-state index contributed by atoms with van der Waals surface area (Å²) in [5, 5.41) is 0.379. The minimum absolute atomic E-state index is 0.137. The smallest absolute Gasteiger partial charge is 0.297 e. The Kier molecular flexibility index (Phi) is 4.92. The fraction of sp³-hybridized carbons (Fsp3) is 0. The van der Waals surface area contributed by atoms with Crippen LogP contribution in [-0.2, 0) is 10.1 Å². The van der Waals surface area contributed by atoms with Gasteiger partial charge < -0.3 is 4.98 Å². The third-order valence-electron chi connectivity index (χ3n) is 3.51.